The van der Waals surface area contributed by atoms with Gasteiger partial charge in [-0.15, -0.1) is 0 Å². The summed E-state index contributed by atoms with van der Waals surface area (Å²) in [6.07, 6.45) is 8.81. The van der Waals surface area contributed by atoms with Gasteiger partial charge in [-0.2, -0.15) is 0 Å². The Labute approximate surface area is 279 Å². The Hall–Kier alpha value is -6.38. The van der Waals surface area contributed by atoms with Gasteiger partial charge < -0.3 is 9.13 Å². The molecule has 2 nitrogen and oxygen atoms in total. The second-order valence-electron chi connectivity index (χ2n) is 12.2. The molecule has 0 aliphatic heterocycles. The second kappa shape index (κ2) is 11.8. The minimum absolute atomic E-state index is 1.16. The third-order valence-corrected chi connectivity index (χ3v) is 9.37. The van der Waals surface area contributed by atoms with E-state index in [4.69, 9.17) is 0 Å². The quantitative estimate of drug-likeness (QED) is 0.165. The number of hydrogen-bond acceptors (Lipinski definition) is 0. The minimum atomic E-state index is 1.16. The van der Waals surface area contributed by atoms with Gasteiger partial charge in [0.2, 0.25) is 0 Å². The molecule has 48 heavy (non-hydrogen) atoms. The third kappa shape index (κ3) is 4.83. The number of hydrogen-bond donors (Lipinski definition) is 0. The zero-order chi connectivity index (χ0) is 31.9. The maximum Gasteiger partial charge on any atom is 0.0541 e. The molecule has 0 unspecified atom stereocenters. The summed E-state index contributed by atoms with van der Waals surface area (Å²) >= 11 is 0. The summed E-state index contributed by atoms with van der Waals surface area (Å²) in [5.74, 6) is 0. The van der Waals surface area contributed by atoms with Crippen LogP contribution in [0.25, 0.3) is 79.3 Å². The van der Waals surface area contributed by atoms with Crippen molar-refractivity contribution in [2.45, 2.75) is 0 Å². The van der Waals surface area contributed by atoms with E-state index in [2.05, 4.69) is 203 Å². The summed E-state index contributed by atoms with van der Waals surface area (Å²) in [6, 6.07) is 60.8. The van der Waals surface area contributed by atoms with Crippen molar-refractivity contribution < 1.29 is 0 Å². The Kier molecular flexibility index (Phi) is 6.84. The molecular formula is C46H32N2. The van der Waals surface area contributed by atoms with E-state index in [1.165, 1.54) is 65.9 Å². The van der Waals surface area contributed by atoms with Crippen LogP contribution < -0.4 is 0 Å². The highest BCUT2D eigenvalue weighted by Crippen LogP contribution is 2.33. The lowest BCUT2D eigenvalue weighted by Crippen LogP contribution is -1.93. The fourth-order valence-electron chi connectivity index (χ4n) is 7.06. The molecule has 9 aromatic rings. The zero-order valence-corrected chi connectivity index (χ0v) is 26.4. The molecule has 2 heterocycles. The van der Waals surface area contributed by atoms with Crippen molar-refractivity contribution in [3.8, 4) is 11.4 Å². The van der Waals surface area contributed by atoms with Crippen LogP contribution in [-0.4, -0.2) is 9.13 Å². The van der Waals surface area contributed by atoms with Crippen molar-refractivity contribution in [1.29, 1.82) is 0 Å². The number of nitrogens with zero attached hydrogens (tertiary/aromatic N) is 2. The van der Waals surface area contributed by atoms with Gasteiger partial charge in [0, 0.05) is 32.9 Å². The topological polar surface area (TPSA) is 9.86 Å². The average molecular weight is 613 g/mol. The van der Waals surface area contributed by atoms with Crippen molar-refractivity contribution in [2.24, 2.45) is 0 Å². The lowest BCUT2D eigenvalue weighted by molar-refractivity contribution is 1.18. The van der Waals surface area contributed by atoms with E-state index in [1.807, 2.05) is 0 Å². The molecular weight excluding hydrogens is 581 g/mol. The number of benzene rings is 7. The molecule has 0 amide bonds. The van der Waals surface area contributed by atoms with Crippen LogP contribution in [0.15, 0.2) is 170 Å². The second-order valence-corrected chi connectivity index (χ2v) is 12.2. The Morgan fingerprint density at radius 2 is 0.562 bits per heavy atom. The van der Waals surface area contributed by atoms with Crippen LogP contribution in [0.2, 0.25) is 0 Å². The van der Waals surface area contributed by atoms with Gasteiger partial charge in [-0.05, 0) is 70.8 Å². The molecule has 0 N–H and O–H groups in total. The smallest absolute Gasteiger partial charge is 0.0541 e. The molecule has 2 aromatic heterocycles. The fourth-order valence-corrected chi connectivity index (χ4v) is 7.06. The van der Waals surface area contributed by atoms with Gasteiger partial charge in [0.25, 0.3) is 0 Å². The van der Waals surface area contributed by atoms with E-state index >= 15 is 0 Å². The summed E-state index contributed by atoms with van der Waals surface area (Å²) in [5.41, 5.74) is 11.9. The Morgan fingerprint density at radius 3 is 0.896 bits per heavy atom. The molecule has 0 saturated carbocycles. The number of para-hydroxylation sites is 4. The van der Waals surface area contributed by atoms with E-state index in [0.29, 0.717) is 0 Å². The van der Waals surface area contributed by atoms with Crippen molar-refractivity contribution in [3.05, 3.63) is 192 Å². The third-order valence-electron chi connectivity index (χ3n) is 9.37. The van der Waals surface area contributed by atoms with Crippen LogP contribution in [0.1, 0.15) is 22.3 Å². The fraction of sp³-hybridized carbons (Fsp3) is 0. The molecule has 0 aliphatic carbocycles. The van der Waals surface area contributed by atoms with Gasteiger partial charge in [0.05, 0.1) is 22.1 Å². The van der Waals surface area contributed by atoms with E-state index < -0.39 is 0 Å². The molecule has 0 bridgehead atoms. The molecule has 226 valence electrons. The maximum absolute atomic E-state index is 2.35. The summed E-state index contributed by atoms with van der Waals surface area (Å²) < 4.78 is 4.71. The van der Waals surface area contributed by atoms with Gasteiger partial charge in [0.1, 0.15) is 0 Å². The van der Waals surface area contributed by atoms with Crippen molar-refractivity contribution in [1.82, 2.24) is 9.13 Å². The zero-order valence-electron chi connectivity index (χ0n) is 26.4. The van der Waals surface area contributed by atoms with Crippen LogP contribution >= 0.6 is 0 Å². The Balaban J connectivity index is 0.970. The van der Waals surface area contributed by atoms with Gasteiger partial charge in [-0.3, -0.25) is 0 Å². The lowest BCUT2D eigenvalue weighted by atomic mass is 10.0. The van der Waals surface area contributed by atoms with Crippen LogP contribution in [0.3, 0.4) is 0 Å². The van der Waals surface area contributed by atoms with E-state index in [1.54, 1.807) is 0 Å². The molecule has 0 spiro atoms. The number of aromatic nitrogens is 2. The normalized spacial score (nSPS) is 12.0. The Morgan fingerprint density at radius 1 is 0.271 bits per heavy atom. The first-order chi connectivity index (χ1) is 23.8. The summed E-state index contributed by atoms with van der Waals surface area (Å²) in [7, 11) is 0. The van der Waals surface area contributed by atoms with Crippen LogP contribution in [-0.2, 0) is 0 Å². The summed E-state index contributed by atoms with van der Waals surface area (Å²) in [6.45, 7) is 0. The SMILES string of the molecule is C(=Cc1ccccc1C=Cc1ccc(-n2c3ccccc3c3ccccc32)cc1)c1ccc(-n2c3ccccc3c3ccccc32)cc1. The van der Waals surface area contributed by atoms with Gasteiger partial charge in [-0.1, -0.05) is 146 Å². The summed E-state index contributed by atoms with van der Waals surface area (Å²) in [4.78, 5) is 0. The Bertz CT molecular complexity index is 2350. The van der Waals surface area contributed by atoms with Crippen molar-refractivity contribution in [3.63, 3.8) is 0 Å². The highest BCUT2D eigenvalue weighted by Gasteiger charge is 2.12. The lowest BCUT2D eigenvalue weighted by Gasteiger charge is -2.08. The molecule has 0 aliphatic rings. The average Bonchev–Trinajstić information content (AvgIpc) is 3.67. The maximum atomic E-state index is 2.35. The molecule has 2 heteroatoms. The first kappa shape index (κ1) is 27.9. The molecule has 0 saturated heterocycles. The van der Waals surface area contributed by atoms with Crippen LogP contribution in [0, 0.1) is 0 Å². The predicted molar refractivity (Wildman–Crippen MR) is 206 cm³/mol. The molecule has 0 atom stereocenters. The van der Waals surface area contributed by atoms with Crippen LogP contribution in [0.5, 0.6) is 0 Å². The van der Waals surface area contributed by atoms with Crippen molar-refractivity contribution in [2.75, 3.05) is 0 Å². The first-order valence-electron chi connectivity index (χ1n) is 16.4. The number of rotatable bonds is 6. The number of fused-ring (bicyclic) bond motifs is 6. The van der Waals surface area contributed by atoms with Crippen molar-refractivity contribution >= 4 is 67.9 Å². The molecule has 0 fully saturated rings. The molecule has 7 aromatic carbocycles. The molecule has 0 radical (unpaired) electrons. The van der Waals surface area contributed by atoms with Crippen LogP contribution in [0.4, 0.5) is 0 Å². The molecule has 9 rings (SSSR count). The van der Waals surface area contributed by atoms with Gasteiger partial charge in [0.15, 0.2) is 0 Å². The van der Waals surface area contributed by atoms with Gasteiger partial charge in [-0.25, -0.2) is 0 Å². The first-order valence-corrected chi connectivity index (χ1v) is 16.4. The highest BCUT2D eigenvalue weighted by atomic mass is 15.0. The summed E-state index contributed by atoms with van der Waals surface area (Å²) in [5, 5.41) is 5.11. The van der Waals surface area contributed by atoms with Gasteiger partial charge >= 0.3 is 0 Å². The van der Waals surface area contributed by atoms with E-state index in [0.717, 1.165) is 11.4 Å². The largest absolute Gasteiger partial charge is 0.309 e. The monoisotopic (exact) mass is 612 g/mol. The van der Waals surface area contributed by atoms with E-state index in [9.17, 15) is 0 Å². The predicted octanol–water partition coefficient (Wildman–Crippen LogP) is 12.2. The van der Waals surface area contributed by atoms with E-state index in [-0.39, 0.29) is 0 Å². The minimum Gasteiger partial charge on any atom is -0.309 e. The standard InChI is InChI=1S/C46H32N2/c1-2-12-36(28-22-34-25-31-38(32-26-34)48-45-19-9-5-15-41(45)42-16-6-10-20-46(42)48)35(11-1)27-21-33-23-29-37(30-24-33)47-43-17-7-3-13-39(43)40-14-4-8-18-44(40)47/h1-32H. The highest BCUT2D eigenvalue weighted by molar-refractivity contribution is 6.10.